The van der Waals surface area contributed by atoms with E-state index in [1.54, 1.807) is 24.3 Å². The number of hydrogen-bond donors (Lipinski definition) is 1. The third-order valence-electron chi connectivity index (χ3n) is 2.20. The van der Waals surface area contributed by atoms with Gasteiger partial charge in [0, 0.05) is 10.6 Å². The number of thioether (sulfide) groups is 1. The molecule has 0 aliphatic heterocycles. The maximum absolute atomic E-state index is 12.1. The van der Waals surface area contributed by atoms with Gasteiger partial charge in [0.25, 0.3) is 0 Å². The monoisotopic (exact) mass is 299 g/mol. The molecule has 7 heteroatoms. The molecule has 0 bridgehead atoms. The van der Waals surface area contributed by atoms with Crippen molar-refractivity contribution in [3.63, 3.8) is 0 Å². The van der Waals surface area contributed by atoms with E-state index in [9.17, 15) is 4.79 Å². The maximum Gasteiger partial charge on any atom is 0.203 e. The molecule has 2 rings (SSSR count). The molecule has 1 aromatic heterocycles. The zero-order valence-corrected chi connectivity index (χ0v) is 11.9. The van der Waals surface area contributed by atoms with Crippen LogP contribution in [0.3, 0.4) is 0 Å². The van der Waals surface area contributed by atoms with E-state index < -0.39 is 0 Å². The van der Waals surface area contributed by atoms with E-state index in [1.165, 1.54) is 23.1 Å². The minimum absolute atomic E-state index is 0.0328. The summed E-state index contributed by atoms with van der Waals surface area (Å²) in [6.45, 7) is 1.83. The molecule has 2 aromatic rings. The Bertz CT molecular complexity index is 556. The number of anilines is 1. The highest BCUT2D eigenvalue weighted by molar-refractivity contribution is 8.02. The Morgan fingerprint density at radius 2 is 2.06 bits per heavy atom. The van der Waals surface area contributed by atoms with Crippen LogP contribution in [-0.4, -0.2) is 21.2 Å². The van der Waals surface area contributed by atoms with E-state index in [1.807, 2.05) is 6.92 Å². The first kappa shape index (κ1) is 13.3. The van der Waals surface area contributed by atoms with E-state index in [0.717, 1.165) is 0 Å². The van der Waals surface area contributed by atoms with Crippen molar-refractivity contribution < 1.29 is 4.79 Å². The lowest BCUT2D eigenvalue weighted by molar-refractivity contribution is 0.0994. The van der Waals surface area contributed by atoms with Crippen molar-refractivity contribution in [1.29, 1.82) is 0 Å². The number of halogens is 1. The van der Waals surface area contributed by atoms with Crippen LogP contribution in [0.1, 0.15) is 17.3 Å². The summed E-state index contributed by atoms with van der Waals surface area (Å²) in [7, 11) is 0. The van der Waals surface area contributed by atoms with Crippen molar-refractivity contribution in [2.45, 2.75) is 16.5 Å². The van der Waals surface area contributed by atoms with Crippen LogP contribution < -0.4 is 5.73 Å². The number of Topliss-reactive ketones (excluding diaryl/α,β-unsaturated/α-hetero) is 1. The SMILES string of the molecule is C[C@@H](Sc1nnc(N)s1)C(=O)c1ccc(Cl)cc1. The molecule has 2 N–H and O–H groups in total. The number of benzene rings is 1. The van der Waals surface area contributed by atoms with E-state index in [2.05, 4.69) is 10.2 Å². The van der Waals surface area contributed by atoms with Gasteiger partial charge in [-0.3, -0.25) is 4.79 Å². The zero-order valence-electron chi connectivity index (χ0n) is 9.46. The van der Waals surface area contributed by atoms with E-state index in [4.69, 9.17) is 17.3 Å². The van der Waals surface area contributed by atoms with E-state index in [-0.39, 0.29) is 11.0 Å². The second kappa shape index (κ2) is 5.69. The molecule has 0 spiro atoms. The van der Waals surface area contributed by atoms with Crippen LogP contribution in [0.15, 0.2) is 28.6 Å². The molecule has 1 heterocycles. The van der Waals surface area contributed by atoms with Crippen molar-refractivity contribution in [2.24, 2.45) is 0 Å². The number of hydrogen-bond acceptors (Lipinski definition) is 6. The smallest absolute Gasteiger partial charge is 0.203 e. The van der Waals surface area contributed by atoms with Gasteiger partial charge in [-0.15, -0.1) is 10.2 Å². The standard InChI is InChI=1S/C11H10ClN3OS2/c1-6(17-11-15-14-10(13)18-11)9(16)7-2-4-8(12)5-3-7/h2-6H,1H3,(H2,13,14)/t6-/m1/s1. The van der Waals surface area contributed by atoms with Crippen LogP contribution >= 0.6 is 34.7 Å². The van der Waals surface area contributed by atoms with Crippen LogP contribution in [0.25, 0.3) is 0 Å². The van der Waals surface area contributed by atoms with Gasteiger partial charge in [-0.2, -0.15) is 0 Å². The van der Waals surface area contributed by atoms with Crippen molar-refractivity contribution in [1.82, 2.24) is 10.2 Å². The number of nitrogen functional groups attached to an aromatic ring is 1. The first-order valence-corrected chi connectivity index (χ1v) is 7.19. The van der Waals surface area contributed by atoms with Crippen molar-refractivity contribution in [2.75, 3.05) is 5.73 Å². The fraction of sp³-hybridized carbons (Fsp3) is 0.182. The molecule has 0 aliphatic rings. The minimum Gasteiger partial charge on any atom is -0.374 e. The molecule has 18 heavy (non-hydrogen) atoms. The van der Waals surface area contributed by atoms with Gasteiger partial charge < -0.3 is 5.73 Å². The molecule has 1 aromatic carbocycles. The molecule has 94 valence electrons. The highest BCUT2D eigenvalue weighted by Crippen LogP contribution is 2.29. The van der Waals surface area contributed by atoms with Crippen LogP contribution in [0.5, 0.6) is 0 Å². The van der Waals surface area contributed by atoms with Gasteiger partial charge in [-0.1, -0.05) is 34.7 Å². The Hall–Kier alpha value is -1.11. The molecule has 0 radical (unpaired) electrons. The van der Waals surface area contributed by atoms with Gasteiger partial charge >= 0.3 is 0 Å². The lowest BCUT2D eigenvalue weighted by Crippen LogP contribution is -2.13. The topological polar surface area (TPSA) is 68.9 Å². The van der Waals surface area contributed by atoms with Crippen LogP contribution in [-0.2, 0) is 0 Å². The summed E-state index contributed by atoms with van der Waals surface area (Å²) in [5.41, 5.74) is 6.13. The molecular weight excluding hydrogens is 290 g/mol. The Morgan fingerprint density at radius 3 is 2.61 bits per heavy atom. The van der Waals surface area contributed by atoms with Crippen molar-refractivity contribution >= 4 is 45.6 Å². The zero-order chi connectivity index (χ0) is 13.1. The Morgan fingerprint density at radius 1 is 1.39 bits per heavy atom. The first-order chi connectivity index (χ1) is 8.56. The van der Waals surface area contributed by atoms with Crippen LogP contribution in [0, 0.1) is 0 Å². The molecular formula is C11H10ClN3OS2. The summed E-state index contributed by atoms with van der Waals surface area (Å²) in [6.07, 6.45) is 0. The minimum atomic E-state index is -0.237. The predicted octanol–water partition coefficient (Wildman–Crippen LogP) is 3.14. The number of carbonyl (C=O) groups excluding carboxylic acids is 1. The molecule has 0 aliphatic carbocycles. The maximum atomic E-state index is 12.1. The summed E-state index contributed by atoms with van der Waals surface area (Å²) >= 11 is 8.41. The van der Waals surface area contributed by atoms with E-state index >= 15 is 0 Å². The number of carbonyl (C=O) groups is 1. The largest absolute Gasteiger partial charge is 0.374 e. The van der Waals surface area contributed by atoms with E-state index in [0.29, 0.717) is 20.1 Å². The first-order valence-electron chi connectivity index (χ1n) is 5.11. The Balaban J connectivity index is 2.07. The molecule has 0 saturated carbocycles. The molecule has 0 fully saturated rings. The number of nitrogens with two attached hydrogens (primary N) is 1. The average Bonchev–Trinajstić information content (AvgIpc) is 2.75. The summed E-state index contributed by atoms with van der Waals surface area (Å²) in [5, 5.41) is 8.37. The second-order valence-electron chi connectivity index (χ2n) is 3.54. The van der Waals surface area contributed by atoms with Gasteiger partial charge in [0.1, 0.15) is 0 Å². The number of rotatable bonds is 4. The molecule has 0 amide bonds. The fourth-order valence-corrected chi connectivity index (χ4v) is 3.30. The number of ketones is 1. The summed E-state index contributed by atoms with van der Waals surface area (Å²) < 4.78 is 0.697. The number of aromatic nitrogens is 2. The fourth-order valence-electron chi connectivity index (χ4n) is 1.32. The normalized spacial score (nSPS) is 12.3. The van der Waals surface area contributed by atoms with Gasteiger partial charge in [0.15, 0.2) is 10.1 Å². The van der Waals surface area contributed by atoms with Gasteiger partial charge in [-0.05, 0) is 31.2 Å². The van der Waals surface area contributed by atoms with Gasteiger partial charge in [0.05, 0.1) is 5.25 Å². The predicted molar refractivity (Wildman–Crippen MR) is 75.4 cm³/mol. The molecule has 0 unspecified atom stereocenters. The summed E-state index contributed by atoms with van der Waals surface area (Å²) in [5.74, 6) is 0.0328. The van der Waals surface area contributed by atoms with Crippen molar-refractivity contribution in [3.8, 4) is 0 Å². The molecule has 1 atom stereocenters. The van der Waals surface area contributed by atoms with Crippen molar-refractivity contribution in [3.05, 3.63) is 34.9 Å². The highest BCUT2D eigenvalue weighted by atomic mass is 35.5. The quantitative estimate of drug-likeness (QED) is 0.694. The van der Waals surface area contributed by atoms with Crippen LogP contribution in [0.2, 0.25) is 5.02 Å². The highest BCUT2D eigenvalue weighted by Gasteiger charge is 2.18. The lowest BCUT2D eigenvalue weighted by Gasteiger charge is -2.07. The summed E-state index contributed by atoms with van der Waals surface area (Å²) in [4.78, 5) is 12.1. The third kappa shape index (κ3) is 3.22. The Kier molecular flexibility index (Phi) is 4.21. The summed E-state index contributed by atoms with van der Waals surface area (Å²) in [6, 6.07) is 6.84. The van der Waals surface area contributed by atoms with Gasteiger partial charge in [0.2, 0.25) is 5.13 Å². The van der Waals surface area contributed by atoms with Gasteiger partial charge in [-0.25, -0.2) is 0 Å². The molecule has 0 saturated heterocycles. The third-order valence-corrected chi connectivity index (χ3v) is 4.39. The lowest BCUT2D eigenvalue weighted by atomic mass is 10.1. The molecule has 4 nitrogen and oxygen atoms in total. The van der Waals surface area contributed by atoms with Crippen LogP contribution in [0.4, 0.5) is 5.13 Å². The Labute approximate surface area is 118 Å². The second-order valence-corrected chi connectivity index (χ2v) is 6.57. The number of nitrogens with zero attached hydrogens (tertiary/aromatic N) is 2. The average molecular weight is 300 g/mol.